The fraction of sp³-hybridized carbons (Fsp3) is 0.414. The number of nitrogens with one attached hydrogen (secondary N) is 2. The molecule has 2 aliphatic rings. The standard InChI is InChI=1S/C29H33N3O6/c1-20-16-22(24-4-2-3-5-25(24)30-20)18-37-23-8-6-21(7-9-23)27(34)31-28(17-26(33)32-35)10-12-29(13-11-28)19-36-14-15-38-29/h2-9,16,35H,10-15,17-19H2,1H3,(H,31,34)(H,32,33)/t28-,29+. The van der Waals surface area contributed by atoms with Crippen molar-refractivity contribution < 1.29 is 29.0 Å². The second-order valence-electron chi connectivity index (χ2n) is 10.3. The molecule has 2 amide bonds. The Balaban J connectivity index is 1.24. The summed E-state index contributed by atoms with van der Waals surface area (Å²) in [6, 6.07) is 16.9. The van der Waals surface area contributed by atoms with Gasteiger partial charge in [-0.2, -0.15) is 0 Å². The van der Waals surface area contributed by atoms with Crippen LogP contribution in [0.4, 0.5) is 0 Å². The number of ether oxygens (including phenoxy) is 3. The molecule has 2 heterocycles. The summed E-state index contributed by atoms with van der Waals surface area (Å²) in [4.78, 5) is 29.9. The van der Waals surface area contributed by atoms with Crippen molar-refractivity contribution in [3.05, 3.63) is 71.4 Å². The highest BCUT2D eigenvalue weighted by Crippen LogP contribution is 2.40. The molecule has 1 aliphatic heterocycles. The van der Waals surface area contributed by atoms with E-state index in [1.165, 1.54) is 0 Å². The number of nitrogens with zero attached hydrogens (tertiary/aromatic N) is 1. The summed E-state index contributed by atoms with van der Waals surface area (Å²) in [6.45, 7) is 3.97. The van der Waals surface area contributed by atoms with Crippen molar-refractivity contribution >= 4 is 22.7 Å². The summed E-state index contributed by atoms with van der Waals surface area (Å²) in [5.41, 5.74) is 3.90. The number of aryl methyl sites for hydroxylation is 1. The summed E-state index contributed by atoms with van der Waals surface area (Å²) in [7, 11) is 0. The van der Waals surface area contributed by atoms with Gasteiger partial charge in [0.1, 0.15) is 12.4 Å². The average molecular weight is 520 g/mol. The van der Waals surface area contributed by atoms with Gasteiger partial charge in [0.25, 0.3) is 5.91 Å². The zero-order valence-corrected chi connectivity index (χ0v) is 21.5. The zero-order chi connectivity index (χ0) is 26.6. The Kier molecular flexibility index (Phi) is 7.60. The van der Waals surface area contributed by atoms with Gasteiger partial charge in [-0.05, 0) is 69.0 Å². The Labute approximate surface area is 221 Å². The molecule has 3 aromatic rings. The first-order chi connectivity index (χ1) is 18.4. The average Bonchev–Trinajstić information content (AvgIpc) is 2.94. The molecule has 38 heavy (non-hydrogen) atoms. The van der Waals surface area contributed by atoms with Crippen molar-refractivity contribution in [2.24, 2.45) is 0 Å². The molecule has 1 aromatic heterocycles. The molecule has 5 rings (SSSR count). The highest BCUT2D eigenvalue weighted by atomic mass is 16.6. The van der Waals surface area contributed by atoms with Crippen LogP contribution in [0.2, 0.25) is 0 Å². The van der Waals surface area contributed by atoms with E-state index in [9.17, 15) is 9.59 Å². The van der Waals surface area contributed by atoms with Gasteiger partial charge in [-0.1, -0.05) is 18.2 Å². The second-order valence-corrected chi connectivity index (χ2v) is 10.3. The number of amides is 2. The number of hydrogen-bond donors (Lipinski definition) is 3. The summed E-state index contributed by atoms with van der Waals surface area (Å²) in [5, 5.41) is 13.3. The van der Waals surface area contributed by atoms with Crippen molar-refractivity contribution in [3.8, 4) is 5.75 Å². The lowest BCUT2D eigenvalue weighted by molar-refractivity contribution is -0.178. The Morgan fingerprint density at radius 2 is 1.82 bits per heavy atom. The first-order valence-electron chi connectivity index (χ1n) is 12.9. The van der Waals surface area contributed by atoms with Crippen LogP contribution in [0.1, 0.15) is 53.7 Å². The molecule has 9 nitrogen and oxygen atoms in total. The third kappa shape index (κ3) is 5.80. The van der Waals surface area contributed by atoms with E-state index < -0.39 is 11.4 Å². The van der Waals surface area contributed by atoms with Crippen molar-refractivity contribution in [2.45, 2.75) is 56.8 Å². The molecular weight excluding hydrogens is 486 g/mol. The quantitative estimate of drug-likeness (QED) is 0.321. The Morgan fingerprint density at radius 1 is 1.05 bits per heavy atom. The molecule has 0 radical (unpaired) electrons. The van der Waals surface area contributed by atoms with Gasteiger partial charge in [-0.3, -0.25) is 19.8 Å². The zero-order valence-electron chi connectivity index (χ0n) is 21.5. The van der Waals surface area contributed by atoms with Gasteiger partial charge >= 0.3 is 0 Å². The highest BCUT2D eigenvalue weighted by molar-refractivity contribution is 5.95. The van der Waals surface area contributed by atoms with Gasteiger partial charge in [-0.25, -0.2) is 5.48 Å². The lowest BCUT2D eigenvalue weighted by Crippen LogP contribution is -2.58. The molecule has 1 aliphatic carbocycles. The van der Waals surface area contributed by atoms with Crippen LogP contribution in [0.15, 0.2) is 54.6 Å². The molecule has 2 aromatic carbocycles. The minimum Gasteiger partial charge on any atom is -0.489 e. The van der Waals surface area contributed by atoms with E-state index in [4.69, 9.17) is 19.4 Å². The van der Waals surface area contributed by atoms with Gasteiger partial charge in [0.15, 0.2) is 0 Å². The largest absolute Gasteiger partial charge is 0.489 e. The van der Waals surface area contributed by atoms with Crippen LogP contribution < -0.4 is 15.5 Å². The number of rotatable bonds is 7. The lowest BCUT2D eigenvalue weighted by Gasteiger charge is -2.47. The fourth-order valence-corrected chi connectivity index (χ4v) is 5.47. The predicted molar refractivity (Wildman–Crippen MR) is 140 cm³/mol. The molecule has 200 valence electrons. The first kappa shape index (κ1) is 26.1. The van der Waals surface area contributed by atoms with Crippen LogP contribution in [0.25, 0.3) is 10.9 Å². The molecule has 1 saturated heterocycles. The topological polar surface area (TPSA) is 119 Å². The monoisotopic (exact) mass is 519 g/mol. The Morgan fingerprint density at radius 3 is 2.53 bits per heavy atom. The van der Waals surface area contributed by atoms with Gasteiger partial charge < -0.3 is 19.5 Å². The highest BCUT2D eigenvalue weighted by Gasteiger charge is 2.46. The molecule has 3 N–H and O–H groups in total. The van der Waals surface area contributed by atoms with E-state index in [0.29, 0.717) is 63.4 Å². The molecule has 0 unspecified atom stereocenters. The smallest absolute Gasteiger partial charge is 0.251 e. The third-order valence-electron chi connectivity index (χ3n) is 7.56. The van der Waals surface area contributed by atoms with Crippen molar-refractivity contribution in [1.82, 2.24) is 15.8 Å². The predicted octanol–water partition coefficient (Wildman–Crippen LogP) is 3.85. The number of aromatic nitrogens is 1. The van der Waals surface area contributed by atoms with Gasteiger partial charge in [0.05, 0.1) is 37.4 Å². The van der Waals surface area contributed by atoms with Crippen LogP contribution in [0.3, 0.4) is 0 Å². The van der Waals surface area contributed by atoms with Crippen molar-refractivity contribution in [1.29, 1.82) is 0 Å². The Bertz CT molecular complexity index is 1290. The van der Waals surface area contributed by atoms with Crippen molar-refractivity contribution in [3.63, 3.8) is 0 Å². The van der Waals surface area contributed by atoms with Crippen LogP contribution in [0.5, 0.6) is 5.75 Å². The number of pyridine rings is 1. The molecule has 2 fully saturated rings. The van der Waals surface area contributed by atoms with Crippen molar-refractivity contribution in [2.75, 3.05) is 19.8 Å². The first-order valence-corrected chi connectivity index (χ1v) is 12.9. The van der Waals surface area contributed by atoms with Crippen LogP contribution in [-0.4, -0.2) is 53.0 Å². The molecule has 0 bridgehead atoms. The molecular formula is C29H33N3O6. The van der Waals surface area contributed by atoms with Crippen LogP contribution >= 0.6 is 0 Å². The third-order valence-corrected chi connectivity index (χ3v) is 7.56. The minimum atomic E-state index is -0.786. The summed E-state index contributed by atoms with van der Waals surface area (Å²) in [6.07, 6.45) is 2.36. The lowest BCUT2D eigenvalue weighted by atomic mass is 9.72. The maximum Gasteiger partial charge on any atom is 0.251 e. The summed E-state index contributed by atoms with van der Waals surface area (Å²) in [5.74, 6) is -0.178. The van der Waals surface area contributed by atoms with E-state index in [1.807, 2.05) is 37.3 Å². The number of para-hydroxylation sites is 1. The van der Waals surface area contributed by atoms with Gasteiger partial charge in [0, 0.05) is 27.7 Å². The van der Waals surface area contributed by atoms with Gasteiger partial charge in [0.2, 0.25) is 5.91 Å². The number of benzene rings is 2. The van der Waals surface area contributed by atoms with E-state index >= 15 is 0 Å². The molecule has 0 atom stereocenters. The SMILES string of the molecule is Cc1cc(COc2ccc(C(=O)N[C@]3(CC(=O)NO)CC[C@]4(CC3)COCCO4)cc2)c2ccccc2n1. The normalized spacial score (nSPS) is 23.2. The minimum absolute atomic E-state index is 0.0212. The maximum absolute atomic E-state index is 13.2. The van der Waals surface area contributed by atoms with Crippen LogP contribution in [0, 0.1) is 6.92 Å². The molecule has 1 spiro atoms. The number of hydroxylamine groups is 1. The second kappa shape index (κ2) is 11.1. The van der Waals surface area contributed by atoms with E-state index in [-0.39, 0.29) is 17.9 Å². The number of fused-ring (bicyclic) bond motifs is 1. The van der Waals surface area contributed by atoms with E-state index in [0.717, 1.165) is 22.2 Å². The maximum atomic E-state index is 13.2. The van der Waals surface area contributed by atoms with Gasteiger partial charge in [-0.15, -0.1) is 0 Å². The molecule has 1 saturated carbocycles. The molecule has 9 heteroatoms. The van der Waals surface area contributed by atoms with E-state index in [1.54, 1.807) is 29.7 Å². The number of carbonyl (C=O) groups excluding carboxylic acids is 2. The van der Waals surface area contributed by atoms with E-state index in [2.05, 4.69) is 10.3 Å². The summed E-state index contributed by atoms with van der Waals surface area (Å²) < 4.78 is 17.7. The van der Waals surface area contributed by atoms with Crippen LogP contribution in [-0.2, 0) is 20.9 Å². The fourth-order valence-electron chi connectivity index (χ4n) is 5.47. The number of carbonyl (C=O) groups is 2. The Hall–Kier alpha value is -3.53. The number of hydrogen-bond acceptors (Lipinski definition) is 7. The summed E-state index contributed by atoms with van der Waals surface area (Å²) >= 11 is 0.